The highest BCUT2D eigenvalue weighted by molar-refractivity contribution is 6.30. The average Bonchev–Trinajstić information content (AvgIpc) is 3.02. The predicted molar refractivity (Wildman–Crippen MR) is 164 cm³/mol. The van der Waals surface area contributed by atoms with Crippen LogP contribution in [0.25, 0.3) is 5.57 Å². The Morgan fingerprint density at radius 1 is 0.786 bits per heavy atom. The van der Waals surface area contributed by atoms with E-state index in [4.69, 9.17) is 30.5 Å². The van der Waals surface area contributed by atoms with E-state index in [0.717, 1.165) is 22.4 Å². The molecule has 222 valence electrons. The molecule has 4 rings (SSSR count). The maximum Gasteiger partial charge on any atom is 0.254 e. The second-order valence-electron chi connectivity index (χ2n) is 10.3. The number of rotatable bonds is 10. The predicted octanol–water partition coefficient (Wildman–Crippen LogP) is 5.82. The van der Waals surface area contributed by atoms with Gasteiger partial charge in [-0.2, -0.15) is 0 Å². The summed E-state index contributed by atoms with van der Waals surface area (Å²) in [5, 5.41) is 0.620. The number of amides is 2. The topological polar surface area (TPSA) is 77.5 Å². The molecule has 1 aliphatic heterocycles. The first-order chi connectivity index (χ1) is 20.2. The SMILES string of the molecule is COc1cc(C(=O)N2CCN(C(=O)C=C(c3ccc(Cl)cc3)c3ccc(OCC(C)C)cc3)CC2)cc(OC)c1OC. The van der Waals surface area contributed by atoms with E-state index in [-0.39, 0.29) is 11.8 Å². The van der Waals surface area contributed by atoms with Crippen molar-refractivity contribution < 1.29 is 28.5 Å². The molecule has 9 heteroatoms. The molecule has 1 aliphatic rings. The molecular formula is C33H37ClN2O6. The van der Waals surface area contributed by atoms with Gasteiger partial charge in [0.2, 0.25) is 11.7 Å². The summed E-state index contributed by atoms with van der Waals surface area (Å²) in [6.45, 7) is 6.43. The third kappa shape index (κ3) is 7.36. The molecule has 8 nitrogen and oxygen atoms in total. The lowest BCUT2D eigenvalue weighted by Crippen LogP contribution is -2.50. The number of hydrogen-bond acceptors (Lipinski definition) is 6. The second kappa shape index (κ2) is 14.1. The molecule has 0 atom stereocenters. The van der Waals surface area contributed by atoms with Crippen LogP contribution in [-0.2, 0) is 4.79 Å². The molecule has 0 bridgehead atoms. The van der Waals surface area contributed by atoms with E-state index >= 15 is 0 Å². The zero-order valence-corrected chi connectivity index (χ0v) is 25.4. The van der Waals surface area contributed by atoms with Gasteiger partial charge in [-0.15, -0.1) is 0 Å². The van der Waals surface area contributed by atoms with Crippen LogP contribution in [0.5, 0.6) is 23.0 Å². The number of benzene rings is 3. The van der Waals surface area contributed by atoms with Crippen molar-refractivity contribution >= 4 is 29.0 Å². The fraction of sp³-hybridized carbons (Fsp3) is 0.333. The molecule has 0 unspecified atom stereocenters. The van der Waals surface area contributed by atoms with Crippen LogP contribution in [0.2, 0.25) is 5.02 Å². The van der Waals surface area contributed by atoms with Gasteiger partial charge in [0.1, 0.15) is 5.75 Å². The number of hydrogen-bond donors (Lipinski definition) is 0. The van der Waals surface area contributed by atoms with Crippen molar-refractivity contribution in [3.8, 4) is 23.0 Å². The number of carbonyl (C=O) groups is 2. The molecule has 1 fully saturated rings. The molecule has 1 saturated heterocycles. The molecule has 3 aromatic carbocycles. The van der Waals surface area contributed by atoms with Gasteiger partial charge in [-0.1, -0.05) is 49.7 Å². The first-order valence-corrected chi connectivity index (χ1v) is 14.2. The van der Waals surface area contributed by atoms with Crippen molar-refractivity contribution in [1.29, 1.82) is 0 Å². The van der Waals surface area contributed by atoms with Crippen LogP contribution < -0.4 is 18.9 Å². The van der Waals surface area contributed by atoms with Crippen LogP contribution in [0, 0.1) is 5.92 Å². The summed E-state index contributed by atoms with van der Waals surface area (Å²) in [7, 11) is 4.54. The number of methoxy groups -OCH3 is 3. The Morgan fingerprint density at radius 3 is 1.81 bits per heavy atom. The van der Waals surface area contributed by atoms with E-state index in [0.29, 0.717) is 66.5 Å². The highest BCUT2D eigenvalue weighted by Crippen LogP contribution is 2.38. The molecule has 0 aromatic heterocycles. The zero-order chi connectivity index (χ0) is 30.2. The lowest BCUT2D eigenvalue weighted by atomic mass is 9.97. The van der Waals surface area contributed by atoms with E-state index in [2.05, 4.69) is 13.8 Å². The Kier molecular flexibility index (Phi) is 10.4. The van der Waals surface area contributed by atoms with Gasteiger partial charge in [0.15, 0.2) is 11.5 Å². The molecule has 2 amide bonds. The number of nitrogens with zero attached hydrogens (tertiary/aromatic N) is 2. The average molecular weight is 593 g/mol. The summed E-state index contributed by atoms with van der Waals surface area (Å²) >= 11 is 6.14. The molecule has 3 aromatic rings. The van der Waals surface area contributed by atoms with Crippen molar-refractivity contribution in [2.75, 3.05) is 54.1 Å². The Hall–Kier alpha value is -4.17. The van der Waals surface area contributed by atoms with Crippen molar-refractivity contribution in [2.24, 2.45) is 5.92 Å². The van der Waals surface area contributed by atoms with E-state index in [1.54, 1.807) is 28.0 Å². The lowest BCUT2D eigenvalue weighted by Gasteiger charge is -2.34. The standard InChI is InChI=1S/C33H37ClN2O6/c1-22(2)21-42-27-12-8-24(9-13-27)28(23-6-10-26(34)11-7-23)20-31(37)35-14-16-36(17-15-35)33(38)25-18-29(39-3)32(41-5)30(19-25)40-4/h6-13,18-20,22H,14-17,21H2,1-5H3. The fourth-order valence-corrected chi connectivity index (χ4v) is 4.81. The number of piperazine rings is 1. The molecule has 0 aliphatic carbocycles. The largest absolute Gasteiger partial charge is 0.493 e. The van der Waals surface area contributed by atoms with Crippen LogP contribution in [0.4, 0.5) is 0 Å². The molecule has 0 saturated carbocycles. The molecule has 0 N–H and O–H groups in total. The smallest absolute Gasteiger partial charge is 0.254 e. The molecule has 0 spiro atoms. The zero-order valence-electron chi connectivity index (χ0n) is 24.7. The van der Waals surface area contributed by atoms with Crippen molar-refractivity contribution in [3.63, 3.8) is 0 Å². The quantitative estimate of drug-likeness (QED) is 0.276. The van der Waals surface area contributed by atoms with Gasteiger partial charge in [0.25, 0.3) is 5.91 Å². The molecular weight excluding hydrogens is 556 g/mol. The minimum Gasteiger partial charge on any atom is -0.493 e. The minimum absolute atomic E-state index is 0.125. The number of ether oxygens (including phenoxy) is 4. The van der Waals surface area contributed by atoms with Crippen molar-refractivity contribution in [1.82, 2.24) is 9.80 Å². The maximum atomic E-state index is 13.5. The van der Waals surface area contributed by atoms with Crippen LogP contribution in [0.3, 0.4) is 0 Å². The lowest BCUT2D eigenvalue weighted by molar-refractivity contribution is -0.127. The summed E-state index contributed by atoms with van der Waals surface area (Å²) < 4.78 is 22.0. The Morgan fingerprint density at radius 2 is 1.31 bits per heavy atom. The summed E-state index contributed by atoms with van der Waals surface area (Å²) in [5.41, 5.74) is 2.97. The minimum atomic E-state index is -0.168. The first-order valence-electron chi connectivity index (χ1n) is 13.8. The van der Waals surface area contributed by atoms with E-state index in [1.807, 2.05) is 48.5 Å². The second-order valence-corrected chi connectivity index (χ2v) is 10.8. The summed E-state index contributed by atoms with van der Waals surface area (Å²) in [4.78, 5) is 30.3. The van der Waals surface area contributed by atoms with Gasteiger partial charge in [0, 0.05) is 42.8 Å². The van der Waals surface area contributed by atoms with Gasteiger partial charge in [-0.25, -0.2) is 0 Å². The van der Waals surface area contributed by atoms with Crippen LogP contribution in [0.15, 0.2) is 66.7 Å². The highest BCUT2D eigenvalue weighted by atomic mass is 35.5. The fourth-order valence-electron chi connectivity index (χ4n) is 4.69. The Balaban J connectivity index is 1.50. The van der Waals surface area contributed by atoms with E-state index in [1.165, 1.54) is 21.3 Å². The third-order valence-corrected chi connectivity index (χ3v) is 7.21. The monoisotopic (exact) mass is 592 g/mol. The van der Waals surface area contributed by atoms with Gasteiger partial charge in [0.05, 0.1) is 27.9 Å². The van der Waals surface area contributed by atoms with Crippen molar-refractivity contribution in [2.45, 2.75) is 13.8 Å². The highest BCUT2D eigenvalue weighted by Gasteiger charge is 2.26. The van der Waals surface area contributed by atoms with E-state index < -0.39 is 0 Å². The Bertz CT molecular complexity index is 1390. The van der Waals surface area contributed by atoms with Gasteiger partial charge in [-0.05, 0) is 59.0 Å². The summed E-state index contributed by atoms with van der Waals surface area (Å²) in [6, 6.07) is 18.4. The third-order valence-electron chi connectivity index (χ3n) is 6.96. The maximum absolute atomic E-state index is 13.5. The van der Waals surface area contributed by atoms with Crippen LogP contribution in [-0.4, -0.2) is 75.7 Å². The number of halogens is 1. The van der Waals surface area contributed by atoms with Gasteiger partial charge < -0.3 is 28.7 Å². The van der Waals surface area contributed by atoms with Gasteiger partial charge in [-0.3, -0.25) is 9.59 Å². The van der Waals surface area contributed by atoms with Crippen LogP contribution in [0.1, 0.15) is 35.3 Å². The summed E-state index contributed by atoms with van der Waals surface area (Å²) in [6.07, 6.45) is 1.66. The Labute approximate surface area is 252 Å². The molecule has 1 heterocycles. The summed E-state index contributed by atoms with van der Waals surface area (Å²) in [5.74, 6) is 2.15. The first kappa shape index (κ1) is 30.8. The van der Waals surface area contributed by atoms with Gasteiger partial charge >= 0.3 is 0 Å². The number of carbonyl (C=O) groups excluding carboxylic acids is 2. The molecule has 42 heavy (non-hydrogen) atoms. The van der Waals surface area contributed by atoms with Crippen LogP contribution >= 0.6 is 11.6 Å². The normalized spacial score (nSPS) is 13.6. The van der Waals surface area contributed by atoms with E-state index in [9.17, 15) is 9.59 Å². The molecule has 0 radical (unpaired) electrons. The van der Waals surface area contributed by atoms with Crippen molar-refractivity contribution in [3.05, 3.63) is 88.5 Å².